The molecule has 1 aromatic carbocycles. The van der Waals surface area contributed by atoms with Gasteiger partial charge in [-0.15, -0.1) is 0 Å². The zero-order valence-electron chi connectivity index (χ0n) is 15.6. The molecule has 6 nitrogen and oxygen atoms in total. The van der Waals surface area contributed by atoms with Crippen molar-refractivity contribution in [3.63, 3.8) is 0 Å². The van der Waals surface area contributed by atoms with E-state index >= 15 is 0 Å². The Bertz CT molecular complexity index is 805. The van der Waals surface area contributed by atoms with E-state index in [9.17, 15) is 13.2 Å². The van der Waals surface area contributed by atoms with Crippen molar-refractivity contribution in [1.82, 2.24) is 14.5 Å². The molecular weight excluding hydrogens is 374 g/mol. The number of halogens is 1. The molecular formula is C18H26ClN3O3S. The first-order valence-corrected chi connectivity index (χ1v) is 10.6. The van der Waals surface area contributed by atoms with E-state index in [0.29, 0.717) is 24.9 Å². The maximum absolute atomic E-state index is 13.0. The predicted octanol–water partition coefficient (Wildman–Crippen LogP) is 2.05. The number of carbonyl (C=O) groups is 1. The van der Waals surface area contributed by atoms with E-state index in [2.05, 4.69) is 16.7 Å². The van der Waals surface area contributed by atoms with E-state index in [1.807, 2.05) is 0 Å². The number of hydrogen-bond donors (Lipinski definition) is 1. The van der Waals surface area contributed by atoms with Gasteiger partial charge in [-0.25, -0.2) is 13.1 Å². The molecule has 2 fully saturated rings. The van der Waals surface area contributed by atoms with Crippen LogP contribution in [0.4, 0.5) is 0 Å². The zero-order chi connectivity index (χ0) is 19.3. The second-order valence-electron chi connectivity index (χ2n) is 8.45. The molecule has 0 aromatic heterocycles. The van der Waals surface area contributed by atoms with Crippen LogP contribution < -0.4 is 4.72 Å². The van der Waals surface area contributed by atoms with Gasteiger partial charge in [-0.2, -0.15) is 0 Å². The Balaban J connectivity index is 1.83. The lowest BCUT2D eigenvalue weighted by atomic mass is 10.0. The summed E-state index contributed by atoms with van der Waals surface area (Å²) < 4.78 is 27.7. The van der Waals surface area contributed by atoms with E-state index < -0.39 is 15.6 Å². The SMILES string of the molecule is CN1C[C@@H]2CN(C(=O)c3cc(S(=O)(=O)NC(C)(C)C)ccc3Cl)C[C@@H]2C1. The topological polar surface area (TPSA) is 69.7 Å². The van der Waals surface area contributed by atoms with Crippen LogP contribution in [0.15, 0.2) is 23.1 Å². The summed E-state index contributed by atoms with van der Waals surface area (Å²) in [7, 11) is -1.63. The molecule has 0 bridgehead atoms. The van der Waals surface area contributed by atoms with Crippen molar-refractivity contribution in [3.8, 4) is 0 Å². The van der Waals surface area contributed by atoms with Gasteiger partial charge in [0, 0.05) is 31.7 Å². The Hall–Kier alpha value is -1.15. The van der Waals surface area contributed by atoms with Crippen LogP contribution in [0.25, 0.3) is 0 Å². The van der Waals surface area contributed by atoms with Crippen LogP contribution >= 0.6 is 11.6 Å². The molecule has 0 unspecified atom stereocenters. The van der Waals surface area contributed by atoms with Crippen molar-refractivity contribution in [2.75, 3.05) is 33.2 Å². The standard InChI is InChI=1S/C18H26ClN3O3S/c1-18(2,3)20-26(24,25)14-5-6-16(19)15(7-14)17(23)22-10-12-8-21(4)9-13(12)11-22/h5-7,12-13,20H,8-11H2,1-4H3/t12-,13+. The molecule has 2 atom stereocenters. The molecule has 26 heavy (non-hydrogen) atoms. The normalized spacial score (nSPS) is 24.1. The predicted molar refractivity (Wildman–Crippen MR) is 102 cm³/mol. The number of sulfonamides is 1. The quantitative estimate of drug-likeness (QED) is 0.844. The summed E-state index contributed by atoms with van der Waals surface area (Å²) >= 11 is 6.23. The number of benzene rings is 1. The van der Waals surface area contributed by atoms with Gasteiger partial charge in [0.2, 0.25) is 10.0 Å². The number of hydrogen-bond acceptors (Lipinski definition) is 4. The summed E-state index contributed by atoms with van der Waals surface area (Å²) in [6.45, 7) is 8.69. The van der Waals surface area contributed by atoms with E-state index in [1.165, 1.54) is 18.2 Å². The third-order valence-corrected chi connectivity index (χ3v) is 6.96. The van der Waals surface area contributed by atoms with E-state index in [4.69, 9.17) is 11.6 Å². The van der Waals surface area contributed by atoms with E-state index in [-0.39, 0.29) is 21.4 Å². The first-order chi connectivity index (χ1) is 12.0. The summed E-state index contributed by atoms with van der Waals surface area (Å²) in [5.74, 6) is 0.772. The fourth-order valence-electron chi connectivity index (χ4n) is 3.86. The Morgan fingerprint density at radius 1 is 1.15 bits per heavy atom. The average Bonchev–Trinajstić information content (AvgIpc) is 3.01. The molecule has 2 aliphatic rings. The lowest BCUT2D eigenvalue weighted by Gasteiger charge is -2.22. The number of likely N-dealkylation sites (tertiary alicyclic amines) is 2. The van der Waals surface area contributed by atoms with Gasteiger partial charge in [0.25, 0.3) is 5.91 Å². The second-order valence-corrected chi connectivity index (χ2v) is 10.5. The molecule has 0 spiro atoms. The number of nitrogens with one attached hydrogen (secondary N) is 1. The number of fused-ring (bicyclic) bond motifs is 1. The van der Waals surface area contributed by atoms with E-state index in [0.717, 1.165) is 13.1 Å². The highest BCUT2D eigenvalue weighted by Crippen LogP contribution is 2.32. The Kier molecular flexibility index (Phi) is 5.11. The van der Waals surface area contributed by atoms with Gasteiger partial charge in [0.15, 0.2) is 0 Å². The van der Waals surface area contributed by atoms with Gasteiger partial charge in [-0.05, 0) is 57.9 Å². The Morgan fingerprint density at radius 3 is 2.27 bits per heavy atom. The van der Waals surface area contributed by atoms with Crippen LogP contribution in [-0.2, 0) is 10.0 Å². The number of rotatable bonds is 3. The summed E-state index contributed by atoms with van der Waals surface area (Å²) in [5, 5.41) is 0.277. The molecule has 2 aliphatic heterocycles. The van der Waals surface area contributed by atoms with Crippen molar-refractivity contribution in [2.24, 2.45) is 11.8 Å². The fourth-order valence-corrected chi connectivity index (χ4v) is 5.50. The van der Waals surface area contributed by atoms with Gasteiger partial charge in [0.05, 0.1) is 15.5 Å². The van der Waals surface area contributed by atoms with E-state index in [1.54, 1.807) is 25.7 Å². The molecule has 0 aliphatic carbocycles. The first-order valence-electron chi connectivity index (χ1n) is 8.77. The van der Waals surface area contributed by atoms with Crippen LogP contribution in [0.3, 0.4) is 0 Å². The first kappa shape index (κ1) is 19.6. The van der Waals surface area contributed by atoms with Crippen LogP contribution in [0.5, 0.6) is 0 Å². The minimum absolute atomic E-state index is 0.0549. The van der Waals surface area contributed by atoms with Crippen LogP contribution in [-0.4, -0.2) is 62.9 Å². The molecule has 1 N–H and O–H groups in total. The maximum atomic E-state index is 13.0. The van der Waals surface area contributed by atoms with Gasteiger partial charge in [-0.1, -0.05) is 11.6 Å². The minimum Gasteiger partial charge on any atom is -0.338 e. The number of amides is 1. The number of carbonyl (C=O) groups excluding carboxylic acids is 1. The summed E-state index contributed by atoms with van der Waals surface area (Å²) in [6, 6.07) is 4.30. The van der Waals surface area contributed by atoms with Crippen molar-refractivity contribution in [3.05, 3.63) is 28.8 Å². The summed E-state index contributed by atoms with van der Waals surface area (Å²) in [6.07, 6.45) is 0. The van der Waals surface area contributed by atoms with Crippen LogP contribution in [0.1, 0.15) is 31.1 Å². The molecule has 1 aromatic rings. The van der Waals surface area contributed by atoms with Crippen molar-refractivity contribution in [1.29, 1.82) is 0 Å². The highest BCUT2D eigenvalue weighted by Gasteiger charge is 2.41. The van der Waals surface area contributed by atoms with Crippen molar-refractivity contribution < 1.29 is 13.2 Å². The Morgan fingerprint density at radius 2 is 1.73 bits per heavy atom. The second kappa shape index (κ2) is 6.78. The molecule has 0 radical (unpaired) electrons. The maximum Gasteiger partial charge on any atom is 0.255 e. The lowest BCUT2D eigenvalue weighted by molar-refractivity contribution is 0.0776. The Labute approximate surface area is 160 Å². The lowest BCUT2D eigenvalue weighted by Crippen LogP contribution is -2.40. The third kappa shape index (κ3) is 4.06. The largest absolute Gasteiger partial charge is 0.338 e. The highest BCUT2D eigenvalue weighted by atomic mass is 35.5. The molecule has 0 saturated carbocycles. The monoisotopic (exact) mass is 399 g/mol. The summed E-state index contributed by atoms with van der Waals surface area (Å²) in [4.78, 5) is 17.1. The van der Waals surface area contributed by atoms with Crippen molar-refractivity contribution in [2.45, 2.75) is 31.2 Å². The average molecular weight is 400 g/mol. The molecule has 3 rings (SSSR count). The summed E-state index contributed by atoms with van der Waals surface area (Å²) in [5.41, 5.74) is -0.363. The fraction of sp³-hybridized carbons (Fsp3) is 0.611. The number of nitrogens with zero attached hydrogens (tertiary/aromatic N) is 2. The highest BCUT2D eigenvalue weighted by molar-refractivity contribution is 7.89. The zero-order valence-corrected chi connectivity index (χ0v) is 17.2. The molecule has 144 valence electrons. The molecule has 1 amide bonds. The van der Waals surface area contributed by atoms with Gasteiger partial charge in [0.1, 0.15) is 0 Å². The third-order valence-electron chi connectivity index (χ3n) is 4.88. The smallest absolute Gasteiger partial charge is 0.255 e. The van der Waals surface area contributed by atoms with Gasteiger partial charge >= 0.3 is 0 Å². The van der Waals surface area contributed by atoms with Crippen LogP contribution in [0, 0.1) is 11.8 Å². The van der Waals surface area contributed by atoms with Crippen LogP contribution in [0.2, 0.25) is 5.02 Å². The van der Waals surface area contributed by atoms with Gasteiger partial charge in [-0.3, -0.25) is 4.79 Å². The molecule has 2 heterocycles. The minimum atomic E-state index is -3.72. The van der Waals surface area contributed by atoms with Gasteiger partial charge < -0.3 is 9.80 Å². The molecule has 8 heteroatoms. The van der Waals surface area contributed by atoms with Crippen molar-refractivity contribution >= 4 is 27.5 Å². The molecule has 2 saturated heterocycles.